The van der Waals surface area contributed by atoms with E-state index in [1.807, 2.05) is 56.0 Å². The molecule has 1 heterocycles. The molecule has 8 aliphatic rings. The number of benzene rings is 1. The highest BCUT2D eigenvalue weighted by Crippen LogP contribution is 2.73. The van der Waals surface area contributed by atoms with Gasteiger partial charge in [0, 0.05) is 35.5 Å². The number of likely N-dealkylation sites (tertiary alicyclic amines) is 1. The van der Waals surface area contributed by atoms with Crippen LogP contribution in [0, 0.1) is 45.3 Å². The number of Topliss-reactive ketones (excluding diaryl/α,β-unsaturated/α-hetero) is 1. The smallest absolute Gasteiger partial charge is 0.408 e. The number of rotatable bonds is 6. The average Bonchev–Trinajstić information content (AvgIpc) is 3.51. The molecule has 0 radical (unpaired) electrons. The number of ether oxygens (including phenoxy) is 1. The summed E-state index contributed by atoms with van der Waals surface area (Å²) in [7, 11) is 0. The van der Waals surface area contributed by atoms with Crippen molar-refractivity contribution in [1.29, 1.82) is 0 Å². The van der Waals surface area contributed by atoms with Gasteiger partial charge in [-0.3, -0.25) is 14.4 Å². The van der Waals surface area contributed by atoms with Crippen LogP contribution in [0.2, 0.25) is 0 Å². The molecule has 1 aromatic rings. The van der Waals surface area contributed by atoms with Crippen molar-refractivity contribution in [3.05, 3.63) is 59.2 Å². The van der Waals surface area contributed by atoms with Gasteiger partial charge in [0.1, 0.15) is 12.2 Å². The predicted octanol–water partition coefficient (Wildman–Crippen LogP) is 5.18. The second-order valence-corrected chi connectivity index (χ2v) is 18.7. The number of hydrogen-bond donors (Lipinski definition) is 3. The topological polar surface area (TPSA) is 133 Å². The molecule has 7 fully saturated rings. The number of amides is 2. The lowest BCUT2D eigenvalue weighted by atomic mass is 9.38. The first-order valence-electron chi connectivity index (χ1n) is 18.6. The summed E-state index contributed by atoms with van der Waals surface area (Å²) in [5, 5.41) is 25.4. The Bertz CT molecular complexity index is 1700. The molecule has 9 rings (SSSR count). The number of nitrogens with one attached hydrogen (secondary N) is 1. The number of aliphatic hydroxyl groups is 2. The van der Waals surface area contributed by atoms with Crippen LogP contribution < -0.4 is 5.32 Å². The van der Waals surface area contributed by atoms with Crippen molar-refractivity contribution in [2.75, 3.05) is 19.7 Å². The van der Waals surface area contributed by atoms with Crippen LogP contribution >= 0.6 is 0 Å². The summed E-state index contributed by atoms with van der Waals surface area (Å²) >= 11 is 0. The van der Waals surface area contributed by atoms with Crippen LogP contribution in [0.3, 0.4) is 0 Å². The first-order valence-corrected chi connectivity index (χ1v) is 18.6. The lowest BCUT2D eigenvalue weighted by Gasteiger charge is -2.70. The Morgan fingerprint density at radius 1 is 1.08 bits per heavy atom. The quantitative estimate of drug-likeness (QED) is 0.376. The van der Waals surface area contributed by atoms with E-state index in [0.29, 0.717) is 18.5 Å². The number of alkyl carbamates (subject to hydrolysis) is 1. The van der Waals surface area contributed by atoms with E-state index in [9.17, 15) is 29.4 Å². The summed E-state index contributed by atoms with van der Waals surface area (Å²) < 4.78 is 5.45. The van der Waals surface area contributed by atoms with Gasteiger partial charge >= 0.3 is 6.09 Å². The molecule has 0 unspecified atom stereocenters. The van der Waals surface area contributed by atoms with E-state index in [0.717, 1.165) is 56.1 Å². The molecule has 9 heteroatoms. The largest absolute Gasteiger partial charge is 0.444 e. The van der Waals surface area contributed by atoms with Crippen molar-refractivity contribution in [2.45, 2.75) is 103 Å². The summed E-state index contributed by atoms with van der Waals surface area (Å²) in [5.74, 6) is -0.0962. The number of carbonyl (C=O) groups is 4. The van der Waals surface area contributed by atoms with Crippen molar-refractivity contribution >= 4 is 23.6 Å². The van der Waals surface area contributed by atoms with Crippen LogP contribution in [0.15, 0.2) is 48.1 Å². The number of fused-ring (bicyclic) bond motifs is 7. The normalized spacial score (nSPS) is 42.2. The van der Waals surface area contributed by atoms with Crippen LogP contribution in [0.25, 0.3) is 0 Å². The number of carbonyl (C=O) groups excluding carboxylic acids is 4. The molecule has 1 aliphatic heterocycles. The van der Waals surface area contributed by atoms with Gasteiger partial charge in [0.15, 0.2) is 11.6 Å². The highest BCUT2D eigenvalue weighted by Gasteiger charge is 2.74. The van der Waals surface area contributed by atoms with Gasteiger partial charge < -0.3 is 25.2 Å². The lowest BCUT2D eigenvalue weighted by Crippen LogP contribution is -2.75. The van der Waals surface area contributed by atoms with E-state index in [1.54, 1.807) is 12.2 Å². The number of ketones is 2. The third-order valence-corrected chi connectivity index (χ3v) is 14.6. The molecule has 0 spiro atoms. The fourth-order valence-electron chi connectivity index (χ4n) is 12.9. The second-order valence-electron chi connectivity index (χ2n) is 18.7. The summed E-state index contributed by atoms with van der Waals surface area (Å²) in [6.07, 6.45) is 10.9. The second kappa shape index (κ2) is 10.9. The number of nitrogens with zero attached hydrogens (tertiary/aromatic N) is 1. The maximum Gasteiger partial charge on any atom is 0.408 e. The molecule has 2 bridgehead atoms. The van der Waals surface area contributed by atoms with Crippen LogP contribution in [-0.2, 0) is 20.7 Å². The molecule has 50 heavy (non-hydrogen) atoms. The Balaban J connectivity index is 0.959. The van der Waals surface area contributed by atoms with Crippen LogP contribution in [0.1, 0.15) is 95.5 Å². The van der Waals surface area contributed by atoms with Gasteiger partial charge in [0.2, 0.25) is 0 Å². The van der Waals surface area contributed by atoms with Gasteiger partial charge in [0.05, 0.1) is 11.5 Å². The third kappa shape index (κ3) is 4.78. The fraction of sp³-hybridized carbons (Fsp3) is 0.659. The molecule has 268 valence electrons. The van der Waals surface area contributed by atoms with Gasteiger partial charge in [-0.2, -0.15) is 0 Å². The zero-order valence-corrected chi connectivity index (χ0v) is 30.1. The number of hydrogen-bond acceptors (Lipinski definition) is 7. The zero-order chi connectivity index (χ0) is 35.6. The Labute approximate surface area is 294 Å². The Hall–Kier alpha value is -3.30. The highest BCUT2D eigenvalue weighted by molar-refractivity contribution is 6.01. The molecule has 3 N–H and O–H groups in total. The van der Waals surface area contributed by atoms with Gasteiger partial charge in [0.25, 0.3) is 5.91 Å². The molecule has 7 aliphatic carbocycles. The first-order chi connectivity index (χ1) is 23.5. The van der Waals surface area contributed by atoms with Crippen molar-refractivity contribution < 1.29 is 34.1 Å². The first kappa shape index (κ1) is 33.8. The molecule has 8 atom stereocenters. The van der Waals surface area contributed by atoms with E-state index in [4.69, 9.17) is 4.74 Å². The third-order valence-electron chi connectivity index (χ3n) is 14.6. The SMILES string of the molecule is CC(C)(C)OC(=O)NC12CC(Cc3ccc(C(=O)N4C[C@@H]5C[C@H]6[C@@H]7CCC8=CC(=O)C=C[C@]8(C)[C@H]7[C@@H](O)C[C@]6(C)[C@]5(C(=O)CO)C4)cc3)(C1)C2. The van der Waals surface area contributed by atoms with Crippen molar-refractivity contribution in [3.63, 3.8) is 0 Å². The Morgan fingerprint density at radius 2 is 1.78 bits per heavy atom. The summed E-state index contributed by atoms with van der Waals surface area (Å²) in [5.41, 5.74) is 0.466. The molecule has 2 amide bonds. The van der Waals surface area contributed by atoms with Gasteiger partial charge in [-0.25, -0.2) is 4.79 Å². The predicted molar refractivity (Wildman–Crippen MR) is 186 cm³/mol. The minimum absolute atomic E-state index is 0.00514. The van der Waals surface area contributed by atoms with Crippen LogP contribution in [0.5, 0.6) is 0 Å². The lowest BCUT2D eigenvalue weighted by molar-refractivity contribution is -0.158. The number of allylic oxidation sites excluding steroid dienone is 4. The maximum absolute atomic E-state index is 14.0. The Morgan fingerprint density at radius 3 is 2.44 bits per heavy atom. The minimum atomic E-state index is -0.920. The summed E-state index contributed by atoms with van der Waals surface area (Å²) in [6.45, 7) is 10.0. The van der Waals surface area contributed by atoms with Gasteiger partial charge in [-0.1, -0.05) is 37.6 Å². The minimum Gasteiger partial charge on any atom is -0.444 e. The molecule has 1 aromatic carbocycles. The van der Waals surface area contributed by atoms with E-state index in [1.165, 1.54) is 0 Å². The van der Waals surface area contributed by atoms with Crippen LogP contribution in [-0.4, -0.2) is 75.6 Å². The van der Waals surface area contributed by atoms with E-state index in [-0.39, 0.29) is 64.7 Å². The van der Waals surface area contributed by atoms with Gasteiger partial charge in [-0.05, 0) is 131 Å². The van der Waals surface area contributed by atoms with E-state index < -0.39 is 34.6 Å². The molecule has 9 nitrogen and oxygen atoms in total. The molecular formula is C41H52N2O7. The van der Waals surface area contributed by atoms with Gasteiger partial charge in [-0.15, -0.1) is 0 Å². The number of aliphatic hydroxyl groups excluding tert-OH is 2. The van der Waals surface area contributed by atoms with Crippen LogP contribution in [0.4, 0.5) is 4.79 Å². The fourth-order valence-corrected chi connectivity index (χ4v) is 12.9. The van der Waals surface area contributed by atoms with Crippen molar-refractivity contribution in [2.24, 2.45) is 45.3 Å². The standard InChI is InChI=1S/C41H52N2O7/c1-36(2,3)50-35(49)42-40-20-39(21-40,22-40)16-24-6-8-25(9-7-24)34(48)43-18-27-15-30-29-11-10-26-14-28(45)12-13-37(26,4)33(29)31(46)17-38(30,5)41(27,23-43)32(47)19-44/h6-9,12-14,27,29-31,33,44,46H,10-11,15-23H2,1-5H3,(H,42,49)/t27-,29-,30-,31-,33+,37-,38-,39?,40?,41+/m0/s1. The highest BCUT2D eigenvalue weighted by atomic mass is 16.6. The Kier molecular flexibility index (Phi) is 7.35. The average molecular weight is 685 g/mol. The molecular weight excluding hydrogens is 632 g/mol. The summed E-state index contributed by atoms with van der Waals surface area (Å²) in [4.78, 5) is 54.4. The van der Waals surface area contributed by atoms with Crippen molar-refractivity contribution in [3.8, 4) is 0 Å². The maximum atomic E-state index is 14.0. The zero-order valence-electron chi connectivity index (χ0n) is 30.1. The molecule has 0 aromatic heterocycles. The molecule has 6 saturated carbocycles. The summed E-state index contributed by atoms with van der Waals surface area (Å²) in [6, 6.07) is 7.84. The molecule has 1 saturated heterocycles. The van der Waals surface area contributed by atoms with E-state index in [2.05, 4.69) is 19.2 Å². The van der Waals surface area contributed by atoms with Crippen molar-refractivity contribution in [1.82, 2.24) is 10.2 Å². The monoisotopic (exact) mass is 684 g/mol. The van der Waals surface area contributed by atoms with E-state index >= 15 is 0 Å².